The summed E-state index contributed by atoms with van der Waals surface area (Å²) in [5.41, 5.74) is 5.80. The zero-order chi connectivity index (χ0) is 11.6. The molecule has 0 aliphatic carbocycles. The van der Waals surface area contributed by atoms with Gasteiger partial charge in [0.2, 0.25) is 0 Å². The highest BCUT2D eigenvalue weighted by Gasteiger charge is 2.25. The van der Waals surface area contributed by atoms with E-state index in [4.69, 9.17) is 5.73 Å². The van der Waals surface area contributed by atoms with Crippen molar-refractivity contribution in [2.24, 2.45) is 11.1 Å². The van der Waals surface area contributed by atoms with Gasteiger partial charge in [-0.15, -0.1) is 0 Å². The molecule has 92 valence electrons. The van der Waals surface area contributed by atoms with Crippen molar-refractivity contribution >= 4 is 0 Å². The van der Waals surface area contributed by atoms with E-state index in [1.54, 1.807) is 0 Å². The Morgan fingerprint density at radius 1 is 0.933 bits per heavy atom. The van der Waals surface area contributed by atoms with Gasteiger partial charge in [0.15, 0.2) is 0 Å². The van der Waals surface area contributed by atoms with Gasteiger partial charge in [0, 0.05) is 18.6 Å². The molecule has 0 aromatic heterocycles. The number of aliphatic hydroxyl groups is 1. The summed E-state index contributed by atoms with van der Waals surface area (Å²) in [6.45, 7) is 5.28. The third-order valence-electron chi connectivity index (χ3n) is 3.36. The van der Waals surface area contributed by atoms with Gasteiger partial charge in [-0.2, -0.15) is 0 Å². The third-order valence-corrected chi connectivity index (χ3v) is 3.36. The molecule has 1 unspecified atom stereocenters. The summed E-state index contributed by atoms with van der Waals surface area (Å²) in [6, 6.07) is 0. The molecule has 0 aromatic carbocycles. The summed E-state index contributed by atoms with van der Waals surface area (Å²) in [7, 11) is 0. The van der Waals surface area contributed by atoms with Crippen molar-refractivity contribution in [3.8, 4) is 0 Å². The zero-order valence-electron chi connectivity index (χ0n) is 10.6. The highest BCUT2D eigenvalue weighted by molar-refractivity contribution is 4.79. The standard InChI is InChI=1S/C13H29NO/c1-3-5-6-7-8-10-13(11-14,12-15)9-4-2/h15H,3-12,14H2,1-2H3. The fourth-order valence-corrected chi connectivity index (χ4v) is 2.19. The van der Waals surface area contributed by atoms with Crippen molar-refractivity contribution < 1.29 is 5.11 Å². The van der Waals surface area contributed by atoms with Gasteiger partial charge >= 0.3 is 0 Å². The summed E-state index contributed by atoms with van der Waals surface area (Å²) in [5, 5.41) is 9.43. The van der Waals surface area contributed by atoms with Crippen LogP contribution < -0.4 is 5.73 Å². The van der Waals surface area contributed by atoms with Crippen LogP contribution >= 0.6 is 0 Å². The van der Waals surface area contributed by atoms with E-state index < -0.39 is 0 Å². The fraction of sp³-hybridized carbons (Fsp3) is 1.00. The largest absolute Gasteiger partial charge is 0.396 e. The summed E-state index contributed by atoms with van der Waals surface area (Å²) in [6.07, 6.45) is 9.74. The van der Waals surface area contributed by atoms with E-state index in [1.807, 2.05) is 0 Å². The SMILES string of the molecule is CCCCCCCC(CN)(CO)CCC. The molecule has 0 aliphatic heterocycles. The number of rotatable bonds is 10. The van der Waals surface area contributed by atoms with Crippen molar-refractivity contribution in [3.63, 3.8) is 0 Å². The first-order valence-electron chi connectivity index (χ1n) is 6.55. The normalized spacial score (nSPS) is 15.2. The Bertz CT molecular complexity index is 132. The van der Waals surface area contributed by atoms with E-state index in [2.05, 4.69) is 13.8 Å². The Kier molecular flexibility index (Phi) is 9.12. The predicted molar refractivity (Wildman–Crippen MR) is 66.9 cm³/mol. The van der Waals surface area contributed by atoms with E-state index in [0.29, 0.717) is 6.54 Å². The summed E-state index contributed by atoms with van der Waals surface area (Å²) < 4.78 is 0. The van der Waals surface area contributed by atoms with Gasteiger partial charge < -0.3 is 10.8 Å². The molecule has 0 aromatic rings. The highest BCUT2D eigenvalue weighted by Crippen LogP contribution is 2.29. The first kappa shape index (κ1) is 14.9. The van der Waals surface area contributed by atoms with Gasteiger partial charge in [-0.05, 0) is 12.8 Å². The highest BCUT2D eigenvalue weighted by atomic mass is 16.3. The van der Waals surface area contributed by atoms with Crippen LogP contribution in [0.2, 0.25) is 0 Å². The lowest BCUT2D eigenvalue weighted by molar-refractivity contribution is 0.108. The van der Waals surface area contributed by atoms with Crippen molar-refractivity contribution in [3.05, 3.63) is 0 Å². The molecule has 0 saturated carbocycles. The van der Waals surface area contributed by atoms with Gasteiger partial charge in [0.1, 0.15) is 0 Å². The van der Waals surface area contributed by atoms with Crippen LogP contribution in [0.25, 0.3) is 0 Å². The molecule has 0 spiro atoms. The van der Waals surface area contributed by atoms with Crippen LogP contribution in [0, 0.1) is 5.41 Å². The van der Waals surface area contributed by atoms with Gasteiger partial charge in [0.25, 0.3) is 0 Å². The Hall–Kier alpha value is -0.0800. The summed E-state index contributed by atoms with van der Waals surface area (Å²) >= 11 is 0. The zero-order valence-corrected chi connectivity index (χ0v) is 10.6. The molecule has 0 bridgehead atoms. The molecule has 3 N–H and O–H groups in total. The molecule has 0 rings (SSSR count). The number of unbranched alkanes of at least 4 members (excludes halogenated alkanes) is 4. The Morgan fingerprint density at radius 2 is 1.60 bits per heavy atom. The number of aliphatic hydroxyl groups excluding tert-OH is 1. The molecule has 0 fully saturated rings. The van der Waals surface area contributed by atoms with Gasteiger partial charge in [-0.1, -0.05) is 52.4 Å². The van der Waals surface area contributed by atoms with E-state index in [-0.39, 0.29) is 12.0 Å². The maximum atomic E-state index is 9.43. The second-order valence-corrected chi connectivity index (χ2v) is 4.78. The van der Waals surface area contributed by atoms with E-state index >= 15 is 0 Å². The molecule has 2 heteroatoms. The molecule has 0 radical (unpaired) electrons. The lowest BCUT2D eigenvalue weighted by Crippen LogP contribution is -2.34. The van der Waals surface area contributed by atoms with Crippen LogP contribution in [0.1, 0.15) is 65.2 Å². The minimum Gasteiger partial charge on any atom is -0.396 e. The molecule has 15 heavy (non-hydrogen) atoms. The molecule has 1 atom stereocenters. The monoisotopic (exact) mass is 215 g/mol. The quantitative estimate of drug-likeness (QED) is 0.550. The Labute approximate surface area is 95.3 Å². The topological polar surface area (TPSA) is 46.2 Å². The van der Waals surface area contributed by atoms with Crippen LogP contribution in [-0.2, 0) is 0 Å². The van der Waals surface area contributed by atoms with Gasteiger partial charge in [-0.3, -0.25) is 0 Å². The van der Waals surface area contributed by atoms with Crippen molar-refractivity contribution in [1.29, 1.82) is 0 Å². The van der Waals surface area contributed by atoms with Crippen LogP contribution in [-0.4, -0.2) is 18.3 Å². The Balaban J connectivity index is 3.74. The molecular weight excluding hydrogens is 186 g/mol. The van der Waals surface area contributed by atoms with Gasteiger partial charge in [0.05, 0.1) is 0 Å². The van der Waals surface area contributed by atoms with Crippen LogP contribution in [0.5, 0.6) is 0 Å². The molecule has 0 saturated heterocycles. The first-order valence-corrected chi connectivity index (χ1v) is 6.55. The maximum Gasteiger partial charge on any atom is 0.0499 e. The maximum absolute atomic E-state index is 9.43. The Morgan fingerprint density at radius 3 is 2.07 bits per heavy atom. The van der Waals surface area contributed by atoms with Crippen molar-refractivity contribution in [2.45, 2.75) is 65.2 Å². The van der Waals surface area contributed by atoms with Crippen LogP contribution in [0.4, 0.5) is 0 Å². The van der Waals surface area contributed by atoms with E-state index in [0.717, 1.165) is 19.3 Å². The van der Waals surface area contributed by atoms with Crippen LogP contribution in [0.3, 0.4) is 0 Å². The summed E-state index contributed by atoms with van der Waals surface area (Å²) in [4.78, 5) is 0. The van der Waals surface area contributed by atoms with E-state index in [1.165, 1.54) is 32.1 Å². The number of hydrogen-bond acceptors (Lipinski definition) is 2. The predicted octanol–water partition coefficient (Wildman–Crippen LogP) is 3.08. The van der Waals surface area contributed by atoms with Crippen molar-refractivity contribution in [2.75, 3.05) is 13.2 Å². The fourth-order valence-electron chi connectivity index (χ4n) is 2.19. The first-order chi connectivity index (χ1) is 7.24. The second-order valence-electron chi connectivity index (χ2n) is 4.78. The lowest BCUT2D eigenvalue weighted by Gasteiger charge is -2.30. The average Bonchev–Trinajstić information content (AvgIpc) is 2.27. The van der Waals surface area contributed by atoms with Gasteiger partial charge in [-0.25, -0.2) is 0 Å². The third kappa shape index (κ3) is 6.16. The molecule has 0 heterocycles. The average molecular weight is 215 g/mol. The van der Waals surface area contributed by atoms with Crippen LogP contribution in [0.15, 0.2) is 0 Å². The second kappa shape index (κ2) is 9.17. The molecular formula is C13H29NO. The van der Waals surface area contributed by atoms with E-state index in [9.17, 15) is 5.11 Å². The minimum absolute atomic E-state index is 0.0148. The number of nitrogens with two attached hydrogens (primary N) is 1. The molecule has 0 aliphatic rings. The lowest BCUT2D eigenvalue weighted by atomic mass is 9.79. The minimum atomic E-state index is 0.0148. The molecule has 2 nitrogen and oxygen atoms in total. The number of hydrogen-bond donors (Lipinski definition) is 2. The smallest absolute Gasteiger partial charge is 0.0499 e. The summed E-state index contributed by atoms with van der Waals surface area (Å²) in [5.74, 6) is 0. The van der Waals surface area contributed by atoms with Crippen molar-refractivity contribution in [1.82, 2.24) is 0 Å². The molecule has 0 amide bonds.